The standard InChI is InChI=1S/C14H19F3N2O/c1-2-12(8-18)13(19-10-14(15,16)17)20-9-11-6-4-3-5-7-11/h10-11H,2-7,9H2,1H3/b13-12-,19-10+. The van der Waals surface area contributed by atoms with E-state index in [1.807, 2.05) is 6.07 Å². The van der Waals surface area contributed by atoms with Crippen molar-refractivity contribution in [3.63, 3.8) is 0 Å². The van der Waals surface area contributed by atoms with Crippen molar-refractivity contribution in [2.75, 3.05) is 6.61 Å². The van der Waals surface area contributed by atoms with E-state index in [0.29, 0.717) is 18.9 Å². The minimum atomic E-state index is -4.51. The van der Waals surface area contributed by atoms with Crippen molar-refractivity contribution in [1.82, 2.24) is 0 Å². The van der Waals surface area contributed by atoms with Crippen molar-refractivity contribution in [3.8, 4) is 6.07 Å². The number of alkyl halides is 3. The predicted molar refractivity (Wildman–Crippen MR) is 70.0 cm³/mol. The molecule has 0 aromatic carbocycles. The molecule has 1 aliphatic carbocycles. The van der Waals surface area contributed by atoms with Crippen LogP contribution in [-0.2, 0) is 4.74 Å². The number of ether oxygens (including phenoxy) is 1. The van der Waals surface area contributed by atoms with Crippen LogP contribution in [0, 0.1) is 17.2 Å². The lowest BCUT2D eigenvalue weighted by atomic mass is 9.90. The highest BCUT2D eigenvalue weighted by Crippen LogP contribution is 2.25. The molecule has 1 rings (SSSR count). The average molecular weight is 288 g/mol. The molecule has 20 heavy (non-hydrogen) atoms. The van der Waals surface area contributed by atoms with Crippen LogP contribution in [0.2, 0.25) is 0 Å². The van der Waals surface area contributed by atoms with Crippen LogP contribution < -0.4 is 0 Å². The fourth-order valence-electron chi connectivity index (χ4n) is 2.16. The van der Waals surface area contributed by atoms with Gasteiger partial charge in [0.2, 0.25) is 5.88 Å². The zero-order valence-electron chi connectivity index (χ0n) is 11.5. The van der Waals surface area contributed by atoms with Gasteiger partial charge in [-0.15, -0.1) is 0 Å². The number of hydrogen-bond donors (Lipinski definition) is 0. The van der Waals surface area contributed by atoms with Gasteiger partial charge in [-0.25, -0.2) is 4.99 Å². The van der Waals surface area contributed by atoms with Gasteiger partial charge in [0.15, 0.2) is 0 Å². The summed E-state index contributed by atoms with van der Waals surface area (Å²) < 4.78 is 41.9. The highest BCUT2D eigenvalue weighted by atomic mass is 19.4. The van der Waals surface area contributed by atoms with Crippen LogP contribution in [0.4, 0.5) is 13.2 Å². The molecule has 6 heteroatoms. The Morgan fingerprint density at radius 2 is 2.00 bits per heavy atom. The molecule has 1 saturated carbocycles. The van der Waals surface area contributed by atoms with Crippen LogP contribution in [0.3, 0.4) is 0 Å². The summed E-state index contributed by atoms with van der Waals surface area (Å²) in [5.74, 6) is 0.148. The smallest absolute Gasteiger partial charge is 0.426 e. The van der Waals surface area contributed by atoms with Crippen LogP contribution >= 0.6 is 0 Å². The van der Waals surface area contributed by atoms with Crippen molar-refractivity contribution < 1.29 is 17.9 Å². The normalized spacial score (nSPS) is 18.8. The predicted octanol–water partition coefficient (Wildman–Crippen LogP) is 4.36. The molecule has 0 radical (unpaired) electrons. The first kappa shape index (κ1) is 16.5. The molecule has 0 aromatic rings. The van der Waals surface area contributed by atoms with E-state index in [1.54, 1.807) is 6.92 Å². The fraction of sp³-hybridized carbons (Fsp3) is 0.714. The first-order valence-corrected chi connectivity index (χ1v) is 6.84. The Morgan fingerprint density at radius 1 is 1.35 bits per heavy atom. The molecule has 112 valence electrons. The molecule has 0 aromatic heterocycles. The van der Waals surface area contributed by atoms with Crippen molar-refractivity contribution >= 4 is 6.21 Å². The van der Waals surface area contributed by atoms with Gasteiger partial charge < -0.3 is 4.74 Å². The summed E-state index contributed by atoms with van der Waals surface area (Å²) in [6, 6.07) is 1.85. The first-order chi connectivity index (χ1) is 9.46. The molecule has 0 saturated heterocycles. The average Bonchev–Trinajstić information content (AvgIpc) is 2.42. The van der Waals surface area contributed by atoms with Crippen LogP contribution in [0.1, 0.15) is 45.4 Å². The minimum absolute atomic E-state index is 0.129. The molecule has 0 amide bonds. The molecule has 0 aliphatic heterocycles. The van der Waals surface area contributed by atoms with E-state index in [0.717, 1.165) is 25.7 Å². The third-order valence-corrected chi connectivity index (χ3v) is 3.26. The van der Waals surface area contributed by atoms with Crippen LogP contribution in [0.15, 0.2) is 16.4 Å². The van der Waals surface area contributed by atoms with E-state index in [1.165, 1.54) is 6.42 Å². The minimum Gasteiger partial charge on any atom is -0.477 e. The number of aliphatic imine (C=N–C) groups is 1. The van der Waals surface area contributed by atoms with Crippen molar-refractivity contribution in [2.45, 2.75) is 51.6 Å². The summed E-state index contributed by atoms with van der Waals surface area (Å²) in [7, 11) is 0. The Balaban J connectivity index is 2.71. The summed E-state index contributed by atoms with van der Waals surface area (Å²) in [6.07, 6.45) is 1.14. The zero-order chi connectivity index (χ0) is 15.0. The summed E-state index contributed by atoms with van der Waals surface area (Å²) >= 11 is 0. The lowest BCUT2D eigenvalue weighted by molar-refractivity contribution is -0.0539. The summed E-state index contributed by atoms with van der Waals surface area (Å²) in [5, 5.41) is 8.92. The van der Waals surface area contributed by atoms with Gasteiger partial charge in [0.25, 0.3) is 0 Å². The molecule has 0 heterocycles. The Hall–Kier alpha value is -1.51. The number of halogens is 3. The molecule has 1 aliphatic rings. The van der Waals surface area contributed by atoms with Crippen molar-refractivity contribution in [2.24, 2.45) is 10.9 Å². The number of nitriles is 1. The second-order valence-electron chi connectivity index (χ2n) is 4.86. The number of nitrogens with zero attached hydrogens (tertiary/aromatic N) is 2. The Kier molecular flexibility index (Phi) is 6.56. The molecule has 3 nitrogen and oxygen atoms in total. The summed E-state index contributed by atoms with van der Waals surface area (Å²) in [4.78, 5) is 3.31. The van der Waals surface area contributed by atoms with Crippen LogP contribution in [0.25, 0.3) is 0 Å². The number of hydrogen-bond acceptors (Lipinski definition) is 3. The second kappa shape index (κ2) is 7.93. The Labute approximate surface area is 117 Å². The third-order valence-electron chi connectivity index (χ3n) is 3.26. The lowest BCUT2D eigenvalue weighted by Crippen LogP contribution is -2.14. The third kappa shape index (κ3) is 6.09. The van der Waals surface area contributed by atoms with E-state index in [2.05, 4.69) is 4.99 Å². The van der Waals surface area contributed by atoms with Gasteiger partial charge in [0, 0.05) is 0 Å². The molecular formula is C14H19F3N2O. The molecular weight excluding hydrogens is 269 g/mol. The Bertz CT molecular complexity index is 402. The summed E-state index contributed by atoms with van der Waals surface area (Å²) in [5.41, 5.74) is 0.140. The number of rotatable bonds is 5. The summed E-state index contributed by atoms with van der Waals surface area (Å²) in [6.45, 7) is 2.02. The molecule has 0 unspecified atom stereocenters. The SMILES string of the molecule is CC/C(C#N)=C(\N=C\C(F)(F)F)OCC1CCCCC1. The van der Waals surface area contributed by atoms with E-state index in [9.17, 15) is 13.2 Å². The first-order valence-electron chi connectivity index (χ1n) is 6.84. The number of allylic oxidation sites excluding steroid dienone is 1. The van der Waals surface area contributed by atoms with Gasteiger partial charge in [0.05, 0.1) is 12.2 Å². The highest BCUT2D eigenvalue weighted by Gasteiger charge is 2.24. The van der Waals surface area contributed by atoms with Gasteiger partial charge in [0.1, 0.15) is 12.3 Å². The lowest BCUT2D eigenvalue weighted by Gasteiger charge is -2.21. The van der Waals surface area contributed by atoms with Gasteiger partial charge in [-0.05, 0) is 25.2 Å². The van der Waals surface area contributed by atoms with Crippen molar-refractivity contribution in [1.29, 1.82) is 5.26 Å². The maximum absolute atomic E-state index is 12.2. The largest absolute Gasteiger partial charge is 0.477 e. The molecule has 1 fully saturated rings. The quantitative estimate of drug-likeness (QED) is 0.428. The molecule has 0 atom stereocenters. The van der Waals surface area contributed by atoms with E-state index < -0.39 is 6.18 Å². The van der Waals surface area contributed by atoms with Gasteiger partial charge in [-0.3, -0.25) is 0 Å². The maximum atomic E-state index is 12.2. The Morgan fingerprint density at radius 3 is 2.50 bits per heavy atom. The maximum Gasteiger partial charge on any atom is 0.426 e. The van der Waals surface area contributed by atoms with Crippen molar-refractivity contribution in [3.05, 3.63) is 11.5 Å². The topological polar surface area (TPSA) is 45.4 Å². The van der Waals surface area contributed by atoms with Crippen LogP contribution in [-0.4, -0.2) is 19.0 Å². The molecule has 0 N–H and O–H groups in total. The van der Waals surface area contributed by atoms with E-state index in [-0.39, 0.29) is 17.7 Å². The van der Waals surface area contributed by atoms with Crippen LogP contribution in [0.5, 0.6) is 0 Å². The van der Waals surface area contributed by atoms with Gasteiger partial charge >= 0.3 is 6.18 Å². The highest BCUT2D eigenvalue weighted by molar-refractivity contribution is 5.65. The second-order valence-corrected chi connectivity index (χ2v) is 4.86. The van der Waals surface area contributed by atoms with E-state index >= 15 is 0 Å². The zero-order valence-corrected chi connectivity index (χ0v) is 11.5. The van der Waals surface area contributed by atoms with Gasteiger partial charge in [-0.2, -0.15) is 18.4 Å². The van der Waals surface area contributed by atoms with E-state index in [4.69, 9.17) is 10.00 Å². The monoisotopic (exact) mass is 288 g/mol. The fourth-order valence-corrected chi connectivity index (χ4v) is 2.16. The van der Waals surface area contributed by atoms with Gasteiger partial charge in [-0.1, -0.05) is 26.2 Å². The molecule has 0 spiro atoms. The molecule has 0 bridgehead atoms.